The Morgan fingerprint density at radius 3 is 1.33 bits per heavy atom. The van der Waals surface area contributed by atoms with Gasteiger partial charge in [0.2, 0.25) is 0 Å². The first-order valence-electron chi connectivity index (χ1n) is 3.68. The van der Waals surface area contributed by atoms with Gasteiger partial charge in [-0.2, -0.15) is 0 Å². The molecule has 0 bridgehead atoms. The van der Waals surface area contributed by atoms with Crippen molar-refractivity contribution in [1.82, 2.24) is 0 Å². The molecular formula is C9H12O6Y3-2. The summed E-state index contributed by atoms with van der Waals surface area (Å²) >= 11 is 0. The van der Waals surface area contributed by atoms with Crippen LogP contribution in [-0.2, 0) is 117 Å². The molecule has 0 aromatic rings. The summed E-state index contributed by atoms with van der Waals surface area (Å²) in [5, 5.41) is 17.2. The first-order chi connectivity index (χ1) is 6.31. The molecule has 0 saturated carbocycles. The van der Waals surface area contributed by atoms with Gasteiger partial charge < -0.3 is 29.4 Å². The standard InChI is InChI=1S/C8H9O6.CH3.3Y/c1-3-5(10)8(4(2)9,6(11)12)7(13)14;;;;/h2-3H2,1H3,(H,11,12)(H,13,14);1H3;;;/q2*-1;;;. The van der Waals surface area contributed by atoms with Gasteiger partial charge in [-0.25, -0.2) is 0 Å². The monoisotopic (exact) mass is 483 g/mol. The molecule has 0 atom stereocenters. The van der Waals surface area contributed by atoms with E-state index in [2.05, 4.69) is 6.92 Å². The molecule has 0 amide bonds. The van der Waals surface area contributed by atoms with Crippen LogP contribution >= 0.6 is 0 Å². The Morgan fingerprint density at radius 2 is 1.28 bits per heavy atom. The molecule has 0 spiro atoms. The van der Waals surface area contributed by atoms with Crippen molar-refractivity contribution in [2.24, 2.45) is 5.41 Å². The topological polar surface area (TPSA) is 109 Å². The Bertz CT molecular complexity index is 279. The van der Waals surface area contributed by atoms with Crippen LogP contribution in [0.4, 0.5) is 0 Å². The maximum Gasteiger partial charge on any atom is 0.333 e. The minimum Gasteiger partial charge on any atom is -0.480 e. The molecule has 95 valence electrons. The number of ketones is 2. The molecule has 9 heteroatoms. The smallest absolute Gasteiger partial charge is 0.333 e. The number of Topliss-reactive ketones (excluding diaryl/α,β-unsaturated/α-hetero) is 2. The van der Waals surface area contributed by atoms with Crippen molar-refractivity contribution in [3.05, 3.63) is 14.4 Å². The van der Waals surface area contributed by atoms with E-state index in [-0.39, 0.29) is 112 Å². The maximum atomic E-state index is 11.1. The molecule has 2 N–H and O–H groups in total. The Morgan fingerprint density at radius 1 is 1.00 bits per heavy atom. The molecule has 0 rings (SSSR count). The molecule has 0 aromatic carbocycles. The number of carboxylic acids is 2. The van der Waals surface area contributed by atoms with Crippen molar-refractivity contribution in [2.45, 2.75) is 13.3 Å². The van der Waals surface area contributed by atoms with Crippen molar-refractivity contribution in [3.63, 3.8) is 0 Å². The molecule has 0 fully saturated rings. The van der Waals surface area contributed by atoms with Crippen LogP contribution in [-0.4, -0.2) is 33.7 Å². The van der Waals surface area contributed by atoms with Crippen LogP contribution in [0.2, 0.25) is 0 Å². The van der Waals surface area contributed by atoms with E-state index in [4.69, 9.17) is 10.2 Å². The van der Waals surface area contributed by atoms with E-state index in [9.17, 15) is 19.2 Å². The Hall–Kier alpha value is 1.46. The minimum atomic E-state index is -3.05. The molecule has 0 unspecified atom stereocenters. The van der Waals surface area contributed by atoms with E-state index in [1.165, 1.54) is 6.92 Å². The number of carboxylic acid groups (broad SMARTS) is 2. The van der Waals surface area contributed by atoms with Gasteiger partial charge in [0, 0.05) is 110 Å². The quantitative estimate of drug-likeness (QED) is 0.421. The summed E-state index contributed by atoms with van der Waals surface area (Å²) in [6.07, 6.45) is -0.361. The summed E-state index contributed by atoms with van der Waals surface area (Å²) in [4.78, 5) is 43.3. The summed E-state index contributed by atoms with van der Waals surface area (Å²) < 4.78 is 0. The van der Waals surface area contributed by atoms with E-state index in [0.717, 1.165) is 0 Å². The molecule has 3 radical (unpaired) electrons. The van der Waals surface area contributed by atoms with Gasteiger partial charge in [0.1, 0.15) is 0 Å². The summed E-state index contributed by atoms with van der Waals surface area (Å²) in [5.74, 6) is -6.63. The Kier molecular flexibility index (Phi) is 23.7. The van der Waals surface area contributed by atoms with Gasteiger partial charge in [-0.1, -0.05) is 6.92 Å². The number of carbonyl (C=O) groups excluding carboxylic acids is 2. The van der Waals surface area contributed by atoms with Gasteiger partial charge in [-0.05, 0) is 0 Å². The van der Waals surface area contributed by atoms with Crippen LogP contribution in [0, 0.1) is 19.8 Å². The number of aliphatic carboxylic acids is 2. The molecular weight excluding hydrogens is 471 g/mol. The number of hydrogen-bond donors (Lipinski definition) is 2. The normalized spacial score (nSPS) is 8.28. The fraction of sp³-hybridized carbons (Fsp3) is 0.333. The zero-order chi connectivity index (χ0) is 11.5. The largest absolute Gasteiger partial charge is 0.480 e. The molecule has 18 heavy (non-hydrogen) atoms. The van der Waals surface area contributed by atoms with Crippen molar-refractivity contribution in [2.75, 3.05) is 0 Å². The molecule has 6 nitrogen and oxygen atoms in total. The zero-order valence-corrected chi connectivity index (χ0v) is 18.7. The third-order valence-corrected chi connectivity index (χ3v) is 1.80. The molecule has 0 aromatic heterocycles. The van der Waals surface area contributed by atoms with Crippen molar-refractivity contribution < 1.29 is 128 Å². The van der Waals surface area contributed by atoms with Crippen LogP contribution in [0.25, 0.3) is 0 Å². The minimum absolute atomic E-state index is 0. The fourth-order valence-electron chi connectivity index (χ4n) is 0.989. The third kappa shape index (κ3) is 6.27. The Balaban J connectivity index is -0.000000141. The van der Waals surface area contributed by atoms with E-state index < -0.39 is 28.9 Å². The molecule has 0 aliphatic heterocycles. The predicted molar refractivity (Wildman–Crippen MR) is 49.8 cm³/mol. The average Bonchev–Trinajstić information content (AvgIpc) is 2.02. The van der Waals surface area contributed by atoms with Crippen molar-refractivity contribution in [3.8, 4) is 0 Å². The van der Waals surface area contributed by atoms with Gasteiger partial charge in [0.25, 0.3) is 5.41 Å². The van der Waals surface area contributed by atoms with E-state index in [1.807, 2.05) is 0 Å². The van der Waals surface area contributed by atoms with Crippen molar-refractivity contribution >= 4 is 23.5 Å². The summed E-state index contributed by atoms with van der Waals surface area (Å²) in [6, 6.07) is 0. The molecule has 0 aliphatic rings. The second kappa shape index (κ2) is 13.4. The zero-order valence-electron chi connectivity index (χ0n) is 10.2. The average molecular weight is 483 g/mol. The van der Waals surface area contributed by atoms with Gasteiger partial charge in [0.15, 0.2) is 5.78 Å². The predicted octanol–water partition coefficient (Wildman–Crippen LogP) is -0.0329. The number of rotatable bonds is 5. The first-order valence-corrected chi connectivity index (χ1v) is 3.68. The Labute approximate surface area is 181 Å². The number of hydrogen-bond acceptors (Lipinski definition) is 4. The van der Waals surface area contributed by atoms with Crippen molar-refractivity contribution in [1.29, 1.82) is 0 Å². The van der Waals surface area contributed by atoms with E-state index >= 15 is 0 Å². The van der Waals surface area contributed by atoms with Gasteiger partial charge in [0.05, 0.1) is 0 Å². The van der Waals surface area contributed by atoms with Crippen LogP contribution in [0.5, 0.6) is 0 Å². The first kappa shape index (κ1) is 31.7. The molecule has 0 heterocycles. The third-order valence-electron chi connectivity index (χ3n) is 1.80. The van der Waals surface area contributed by atoms with Gasteiger partial charge >= 0.3 is 11.9 Å². The summed E-state index contributed by atoms with van der Waals surface area (Å²) in [5.41, 5.74) is -3.05. The van der Waals surface area contributed by atoms with Crippen LogP contribution in [0.1, 0.15) is 13.3 Å². The molecule has 0 aliphatic carbocycles. The SMILES string of the molecule is [CH2-]C(=O)C(C(=O)O)(C(=O)O)C(=O)CC.[CH3-].[Y].[Y].[Y]. The maximum absolute atomic E-state index is 11.1. The second-order valence-corrected chi connectivity index (χ2v) is 2.56. The van der Waals surface area contributed by atoms with Crippen LogP contribution in [0.15, 0.2) is 0 Å². The van der Waals surface area contributed by atoms with E-state index in [0.29, 0.717) is 0 Å². The van der Waals surface area contributed by atoms with Gasteiger partial charge in [-0.15, -0.1) is 0 Å². The van der Waals surface area contributed by atoms with E-state index in [1.54, 1.807) is 0 Å². The van der Waals surface area contributed by atoms with Crippen LogP contribution < -0.4 is 0 Å². The summed E-state index contributed by atoms with van der Waals surface area (Å²) in [7, 11) is 0. The number of carbonyl (C=O) groups is 4. The summed E-state index contributed by atoms with van der Waals surface area (Å²) in [6.45, 7) is 3.97. The van der Waals surface area contributed by atoms with Crippen LogP contribution in [0.3, 0.4) is 0 Å². The van der Waals surface area contributed by atoms with Gasteiger partial charge in [-0.3, -0.25) is 14.4 Å². The second-order valence-electron chi connectivity index (χ2n) is 2.56. The fourth-order valence-corrected chi connectivity index (χ4v) is 0.989. The molecule has 0 saturated heterocycles.